The molecule has 17 heavy (non-hydrogen) atoms. The summed E-state index contributed by atoms with van der Waals surface area (Å²) in [5, 5.41) is 3.75. The zero-order chi connectivity index (χ0) is 12.1. The van der Waals surface area contributed by atoms with Crippen LogP contribution < -0.4 is 10.2 Å². The molecule has 1 aromatic carbocycles. The monoisotopic (exact) mass is 232 g/mol. The van der Waals surface area contributed by atoms with Crippen LogP contribution in [0.4, 0.5) is 5.69 Å². The molecule has 1 fully saturated rings. The topological polar surface area (TPSA) is 15.3 Å². The van der Waals surface area contributed by atoms with E-state index in [2.05, 4.69) is 54.4 Å². The van der Waals surface area contributed by atoms with Crippen molar-refractivity contribution in [3.05, 3.63) is 30.3 Å². The molecule has 2 heteroatoms. The van der Waals surface area contributed by atoms with E-state index in [4.69, 9.17) is 0 Å². The summed E-state index contributed by atoms with van der Waals surface area (Å²) >= 11 is 0. The van der Waals surface area contributed by atoms with Crippen LogP contribution in [0, 0.1) is 0 Å². The third-order valence-electron chi connectivity index (χ3n) is 4.07. The zero-order valence-corrected chi connectivity index (χ0v) is 11.1. The lowest BCUT2D eigenvalue weighted by Crippen LogP contribution is -2.50. The predicted molar refractivity (Wildman–Crippen MR) is 74.6 cm³/mol. The van der Waals surface area contributed by atoms with Crippen LogP contribution in [0.5, 0.6) is 0 Å². The van der Waals surface area contributed by atoms with Gasteiger partial charge in [-0.15, -0.1) is 0 Å². The van der Waals surface area contributed by atoms with Gasteiger partial charge in [0.15, 0.2) is 0 Å². The molecule has 0 aromatic heterocycles. The first-order chi connectivity index (χ1) is 8.29. The number of para-hydroxylation sites is 1. The molecular formula is C15H24N2. The van der Waals surface area contributed by atoms with Crippen molar-refractivity contribution in [1.82, 2.24) is 5.32 Å². The summed E-state index contributed by atoms with van der Waals surface area (Å²) in [4.78, 5) is 2.53. The van der Waals surface area contributed by atoms with Gasteiger partial charge in [-0.3, -0.25) is 0 Å². The summed E-state index contributed by atoms with van der Waals surface area (Å²) < 4.78 is 0. The lowest BCUT2D eigenvalue weighted by atomic mass is 9.92. The number of hydrogen-bond acceptors (Lipinski definition) is 2. The molecule has 2 rings (SSSR count). The fourth-order valence-electron chi connectivity index (χ4n) is 2.71. The maximum atomic E-state index is 3.75. The quantitative estimate of drug-likeness (QED) is 0.861. The first-order valence-electron chi connectivity index (χ1n) is 6.85. The highest BCUT2D eigenvalue weighted by molar-refractivity contribution is 5.46. The van der Waals surface area contributed by atoms with Gasteiger partial charge in [0.25, 0.3) is 0 Å². The van der Waals surface area contributed by atoms with Crippen LogP contribution in [-0.2, 0) is 0 Å². The summed E-state index contributed by atoms with van der Waals surface area (Å²) in [7, 11) is 0. The second-order valence-corrected chi connectivity index (χ2v) is 5.02. The molecule has 0 aliphatic carbocycles. The molecule has 1 aliphatic heterocycles. The van der Waals surface area contributed by atoms with Gasteiger partial charge in [-0.25, -0.2) is 0 Å². The highest BCUT2D eigenvalue weighted by atomic mass is 15.2. The highest BCUT2D eigenvalue weighted by Gasteiger charge is 2.30. The molecule has 1 saturated heterocycles. The van der Waals surface area contributed by atoms with Crippen molar-refractivity contribution < 1.29 is 0 Å². The van der Waals surface area contributed by atoms with Crippen molar-refractivity contribution in [2.75, 3.05) is 24.5 Å². The number of rotatable bonds is 3. The molecule has 0 amide bonds. The van der Waals surface area contributed by atoms with Gasteiger partial charge in [-0.2, -0.15) is 0 Å². The van der Waals surface area contributed by atoms with Crippen LogP contribution in [0.25, 0.3) is 0 Å². The number of anilines is 1. The number of benzene rings is 1. The summed E-state index contributed by atoms with van der Waals surface area (Å²) in [6.07, 6.45) is 3.64. The Labute approximate surface area is 105 Å². The van der Waals surface area contributed by atoms with Gasteiger partial charge in [0.1, 0.15) is 0 Å². The first kappa shape index (κ1) is 12.4. The van der Waals surface area contributed by atoms with Crippen LogP contribution >= 0.6 is 0 Å². The van der Waals surface area contributed by atoms with E-state index in [9.17, 15) is 0 Å². The van der Waals surface area contributed by atoms with Gasteiger partial charge >= 0.3 is 0 Å². The van der Waals surface area contributed by atoms with Crippen molar-refractivity contribution in [1.29, 1.82) is 0 Å². The highest BCUT2D eigenvalue weighted by Crippen LogP contribution is 2.24. The summed E-state index contributed by atoms with van der Waals surface area (Å²) in [6, 6.07) is 10.8. The van der Waals surface area contributed by atoms with E-state index in [0.717, 1.165) is 13.1 Å². The van der Waals surface area contributed by atoms with Crippen LogP contribution in [0.15, 0.2) is 30.3 Å². The molecule has 0 radical (unpaired) electrons. The minimum absolute atomic E-state index is 0.298. The number of hydrogen-bond donors (Lipinski definition) is 1. The van der Waals surface area contributed by atoms with Crippen molar-refractivity contribution in [2.24, 2.45) is 0 Å². The number of nitrogens with zero attached hydrogens (tertiary/aromatic N) is 1. The van der Waals surface area contributed by atoms with Gasteiger partial charge < -0.3 is 10.2 Å². The summed E-state index contributed by atoms with van der Waals surface area (Å²) in [5.41, 5.74) is 1.66. The Morgan fingerprint density at radius 1 is 1.18 bits per heavy atom. The Morgan fingerprint density at radius 2 is 1.88 bits per heavy atom. The van der Waals surface area contributed by atoms with Crippen molar-refractivity contribution >= 4 is 5.69 Å². The molecular weight excluding hydrogens is 208 g/mol. The molecule has 0 unspecified atom stereocenters. The van der Waals surface area contributed by atoms with Gasteiger partial charge in [0, 0.05) is 24.3 Å². The molecule has 1 aliphatic rings. The Morgan fingerprint density at radius 3 is 2.53 bits per heavy atom. The van der Waals surface area contributed by atoms with Gasteiger partial charge in [-0.05, 0) is 37.9 Å². The molecule has 0 spiro atoms. The molecule has 0 saturated carbocycles. The van der Waals surface area contributed by atoms with E-state index in [-0.39, 0.29) is 0 Å². The van der Waals surface area contributed by atoms with Gasteiger partial charge in [0.2, 0.25) is 0 Å². The molecule has 94 valence electrons. The predicted octanol–water partition coefficient (Wildman–Crippen LogP) is 3.05. The molecule has 0 bridgehead atoms. The van der Waals surface area contributed by atoms with E-state index in [1.165, 1.54) is 31.5 Å². The van der Waals surface area contributed by atoms with Crippen LogP contribution in [-0.4, -0.2) is 25.2 Å². The van der Waals surface area contributed by atoms with Crippen LogP contribution in [0.1, 0.15) is 33.1 Å². The van der Waals surface area contributed by atoms with Crippen molar-refractivity contribution in [2.45, 2.75) is 38.6 Å². The van der Waals surface area contributed by atoms with Gasteiger partial charge in [-0.1, -0.05) is 32.0 Å². The Balaban J connectivity index is 2.18. The van der Waals surface area contributed by atoms with Crippen LogP contribution in [0.2, 0.25) is 0 Å². The standard InChI is InChI=1S/C15H24N2/c1-3-15(4-2)13-17(12-8-11-16-15)14-9-6-5-7-10-14/h5-7,9-10,16H,3-4,8,11-13H2,1-2H3. The molecule has 0 atom stereocenters. The summed E-state index contributed by atoms with van der Waals surface area (Å²) in [5.74, 6) is 0. The second-order valence-electron chi connectivity index (χ2n) is 5.02. The average Bonchev–Trinajstić information content (AvgIpc) is 2.63. The molecule has 1 aromatic rings. The van der Waals surface area contributed by atoms with E-state index in [1.54, 1.807) is 0 Å². The Bertz CT molecular complexity index is 330. The zero-order valence-electron chi connectivity index (χ0n) is 11.1. The average molecular weight is 232 g/mol. The van der Waals surface area contributed by atoms with Crippen LogP contribution in [0.3, 0.4) is 0 Å². The third-order valence-corrected chi connectivity index (χ3v) is 4.07. The SMILES string of the molecule is CCC1(CC)CN(c2ccccc2)CCCN1. The van der Waals surface area contributed by atoms with Gasteiger partial charge in [0.05, 0.1) is 0 Å². The number of nitrogens with one attached hydrogen (secondary N) is 1. The minimum Gasteiger partial charge on any atom is -0.370 e. The van der Waals surface area contributed by atoms with Crippen molar-refractivity contribution in [3.8, 4) is 0 Å². The smallest absolute Gasteiger partial charge is 0.0366 e. The second kappa shape index (κ2) is 5.54. The largest absolute Gasteiger partial charge is 0.370 e. The normalized spacial score (nSPS) is 20.0. The third kappa shape index (κ3) is 2.81. The molecule has 1 heterocycles. The first-order valence-corrected chi connectivity index (χ1v) is 6.85. The fraction of sp³-hybridized carbons (Fsp3) is 0.600. The van der Waals surface area contributed by atoms with E-state index in [1.807, 2.05) is 0 Å². The van der Waals surface area contributed by atoms with E-state index < -0.39 is 0 Å². The minimum atomic E-state index is 0.298. The Kier molecular flexibility index (Phi) is 4.06. The molecule has 2 nitrogen and oxygen atoms in total. The Hall–Kier alpha value is -1.02. The molecule has 1 N–H and O–H groups in total. The van der Waals surface area contributed by atoms with Crippen molar-refractivity contribution in [3.63, 3.8) is 0 Å². The lowest BCUT2D eigenvalue weighted by Gasteiger charge is -2.36. The summed E-state index contributed by atoms with van der Waals surface area (Å²) in [6.45, 7) is 8.03. The van der Waals surface area contributed by atoms with E-state index >= 15 is 0 Å². The maximum Gasteiger partial charge on any atom is 0.0366 e. The maximum absolute atomic E-state index is 3.75. The fourth-order valence-corrected chi connectivity index (χ4v) is 2.71. The van der Waals surface area contributed by atoms with E-state index in [0.29, 0.717) is 5.54 Å². The lowest BCUT2D eigenvalue weighted by molar-refractivity contribution is 0.321.